The van der Waals surface area contributed by atoms with Crippen LogP contribution in [0.3, 0.4) is 0 Å². The van der Waals surface area contributed by atoms with Crippen LogP contribution in [0, 0.1) is 0 Å². The highest BCUT2D eigenvalue weighted by molar-refractivity contribution is 5.92. The van der Waals surface area contributed by atoms with Crippen LogP contribution in [-0.2, 0) is 12.8 Å². The van der Waals surface area contributed by atoms with Crippen molar-refractivity contribution in [2.24, 2.45) is 0 Å². The highest BCUT2D eigenvalue weighted by Crippen LogP contribution is 2.32. The number of carbonyl (C=O) groups excluding carboxylic acids is 1. The smallest absolute Gasteiger partial charge is 0.269 e. The first-order valence-corrected chi connectivity index (χ1v) is 9.46. The van der Waals surface area contributed by atoms with E-state index in [1.807, 2.05) is 30.3 Å². The predicted octanol–water partition coefficient (Wildman–Crippen LogP) is 4.14. The fraction of sp³-hybridized carbons (Fsp3) is 0.217. The average molecular weight is 357 g/mol. The highest BCUT2D eigenvalue weighted by Gasteiger charge is 2.19. The maximum absolute atomic E-state index is 12.5. The molecule has 0 saturated carbocycles. The van der Waals surface area contributed by atoms with Crippen LogP contribution in [0.15, 0.2) is 72.8 Å². The molecule has 0 radical (unpaired) electrons. The Bertz CT molecular complexity index is 924. The number of anilines is 2. The van der Waals surface area contributed by atoms with Gasteiger partial charge in [0.05, 0.1) is 0 Å². The van der Waals surface area contributed by atoms with Gasteiger partial charge in [0.25, 0.3) is 5.91 Å². The Morgan fingerprint density at radius 3 is 2.67 bits per heavy atom. The minimum absolute atomic E-state index is 0.127. The third-order valence-corrected chi connectivity index (χ3v) is 4.90. The van der Waals surface area contributed by atoms with Gasteiger partial charge >= 0.3 is 0 Å². The lowest BCUT2D eigenvalue weighted by molar-refractivity contribution is 0.0949. The monoisotopic (exact) mass is 357 g/mol. The molecule has 1 aliphatic heterocycles. The Kier molecular flexibility index (Phi) is 5.15. The number of nitrogens with one attached hydrogen (secondary N) is 1. The Morgan fingerprint density at radius 1 is 0.963 bits per heavy atom. The summed E-state index contributed by atoms with van der Waals surface area (Å²) in [7, 11) is 0. The number of fused-ring (bicyclic) bond motifs is 1. The quantitative estimate of drug-likeness (QED) is 0.746. The summed E-state index contributed by atoms with van der Waals surface area (Å²) in [6.07, 6.45) is 2.99. The zero-order chi connectivity index (χ0) is 18.5. The Labute approximate surface area is 159 Å². The van der Waals surface area contributed by atoms with Crippen molar-refractivity contribution in [1.82, 2.24) is 10.3 Å². The zero-order valence-corrected chi connectivity index (χ0v) is 15.3. The Balaban J connectivity index is 1.46. The minimum Gasteiger partial charge on any atom is -0.350 e. The van der Waals surface area contributed by atoms with Gasteiger partial charge in [0, 0.05) is 18.8 Å². The van der Waals surface area contributed by atoms with Crippen molar-refractivity contribution in [2.45, 2.75) is 19.3 Å². The number of rotatable bonds is 5. The molecule has 0 atom stereocenters. The van der Waals surface area contributed by atoms with Gasteiger partial charge in [0.1, 0.15) is 11.5 Å². The topological polar surface area (TPSA) is 45.2 Å². The number of hydrogen-bond acceptors (Lipinski definition) is 3. The van der Waals surface area contributed by atoms with Crippen LogP contribution in [0.1, 0.15) is 28.0 Å². The van der Waals surface area contributed by atoms with Gasteiger partial charge in [-0.2, -0.15) is 0 Å². The van der Waals surface area contributed by atoms with E-state index in [0.717, 1.165) is 31.6 Å². The fourth-order valence-corrected chi connectivity index (χ4v) is 3.53. The number of aryl methyl sites for hydroxylation is 1. The number of hydrogen-bond donors (Lipinski definition) is 1. The lowest BCUT2D eigenvalue weighted by atomic mass is 10.0. The maximum atomic E-state index is 12.5. The van der Waals surface area contributed by atoms with Crippen molar-refractivity contribution in [1.29, 1.82) is 0 Å². The first kappa shape index (κ1) is 17.3. The molecule has 4 heteroatoms. The standard InChI is InChI=1S/C23H23N3O/c27-23(24-16-15-18-8-2-1-3-9-18)20-12-6-14-22(25-20)26-17-7-11-19-10-4-5-13-21(19)26/h1-6,8-10,12-14H,7,11,15-17H2,(H,24,27). The predicted molar refractivity (Wildman–Crippen MR) is 108 cm³/mol. The second kappa shape index (κ2) is 8.04. The summed E-state index contributed by atoms with van der Waals surface area (Å²) in [5.74, 6) is 0.705. The molecule has 0 fully saturated rings. The van der Waals surface area contributed by atoms with E-state index < -0.39 is 0 Å². The van der Waals surface area contributed by atoms with Crippen LogP contribution in [0.4, 0.5) is 11.5 Å². The summed E-state index contributed by atoms with van der Waals surface area (Å²) in [5.41, 5.74) is 4.20. The minimum atomic E-state index is -0.127. The van der Waals surface area contributed by atoms with Gasteiger partial charge in [-0.05, 0) is 48.6 Å². The molecule has 0 spiro atoms. The van der Waals surface area contributed by atoms with E-state index in [-0.39, 0.29) is 5.91 Å². The van der Waals surface area contributed by atoms with Crippen molar-refractivity contribution >= 4 is 17.4 Å². The van der Waals surface area contributed by atoms with Gasteiger partial charge in [0.15, 0.2) is 0 Å². The maximum Gasteiger partial charge on any atom is 0.269 e. The Hall–Kier alpha value is -3.14. The van der Waals surface area contributed by atoms with E-state index in [1.54, 1.807) is 6.07 Å². The fourth-order valence-electron chi connectivity index (χ4n) is 3.53. The number of amides is 1. The van der Waals surface area contributed by atoms with E-state index >= 15 is 0 Å². The van der Waals surface area contributed by atoms with Crippen LogP contribution in [0.2, 0.25) is 0 Å². The lowest BCUT2D eigenvalue weighted by Gasteiger charge is -2.30. The summed E-state index contributed by atoms with van der Waals surface area (Å²) in [6, 6.07) is 24.2. The van der Waals surface area contributed by atoms with E-state index in [1.165, 1.54) is 16.8 Å². The molecule has 2 aromatic carbocycles. The number of nitrogens with zero attached hydrogens (tertiary/aromatic N) is 2. The Morgan fingerprint density at radius 2 is 1.78 bits per heavy atom. The number of aromatic nitrogens is 1. The molecular weight excluding hydrogens is 334 g/mol. The molecule has 0 saturated heterocycles. The summed E-state index contributed by atoms with van der Waals surface area (Å²) >= 11 is 0. The van der Waals surface area contributed by atoms with Gasteiger partial charge < -0.3 is 10.2 Å². The molecule has 136 valence electrons. The summed E-state index contributed by atoms with van der Waals surface area (Å²) in [4.78, 5) is 19.4. The van der Waals surface area contributed by atoms with E-state index in [0.29, 0.717) is 12.2 Å². The molecule has 27 heavy (non-hydrogen) atoms. The molecule has 0 aliphatic carbocycles. The molecule has 3 aromatic rings. The normalized spacial score (nSPS) is 13.1. The molecule has 1 amide bonds. The molecule has 2 heterocycles. The summed E-state index contributed by atoms with van der Waals surface area (Å²) in [5, 5.41) is 2.98. The van der Waals surface area contributed by atoms with E-state index in [4.69, 9.17) is 0 Å². The van der Waals surface area contributed by atoms with Gasteiger partial charge in [-0.3, -0.25) is 4.79 Å². The molecule has 4 rings (SSSR count). The van der Waals surface area contributed by atoms with Gasteiger partial charge in [-0.25, -0.2) is 4.98 Å². The third kappa shape index (κ3) is 4.00. The second-order valence-electron chi connectivity index (χ2n) is 6.76. The average Bonchev–Trinajstić information content (AvgIpc) is 2.74. The van der Waals surface area contributed by atoms with E-state index in [9.17, 15) is 4.79 Å². The van der Waals surface area contributed by atoms with Crippen molar-refractivity contribution in [2.75, 3.05) is 18.0 Å². The summed E-state index contributed by atoms with van der Waals surface area (Å²) in [6.45, 7) is 1.52. The molecule has 1 aliphatic rings. The van der Waals surface area contributed by atoms with Crippen LogP contribution in [0.25, 0.3) is 0 Å². The first-order valence-electron chi connectivity index (χ1n) is 9.46. The first-order chi connectivity index (χ1) is 13.3. The number of para-hydroxylation sites is 1. The molecule has 0 unspecified atom stereocenters. The van der Waals surface area contributed by atoms with Crippen molar-refractivity contribution in [3.8, 4) is 0 Å². The second-order valence-corrected chi connectivity index (χ2v) is 6.76. The van der Waals surface area contributed by atoms with Crippen LogP contribution >= 0.6 is 0 Å². The van der Waals surface area contributed by atoms with Crippen LogP contribution < -0.4 is 10.2 Å². The van der Waals surface area contributed by atoms with Crippen LogP contribution in [0.5, 0.6) is 0 Å². The highest BCUT2D eigenvalue weighted by atomic mass is 16.1. The van der Waals surface area contributed by atoms with Crippen molar-refractivity contribution < 1.29 is 4.79 Å². The summed E-state index contributed by atoms with van der Waals surface area (Å²) < 4.78 is 0. The molecule has 4 nitrogen and oxygen atoms in total. The van der Waals surface area contributed by atoms with Crippen molar-refractivity contribution in [3.05, 3.63) is 89.6 Å². The molecule has 1 aromatic heterocycles. The van der Waals surface area contributed by atoms with Gasteiger partial charge in [-0.15, -0.1) is 0 Å². The SMILES string of the molecule is O=C(NCCc1ccccc1)c1cccc(N2CCCc3ccccc32)n1. The van der Waals surface area contributed by atoms with Gasteiger partial charge in [0.2, 0.25) is 0 Å². The third-order valence-electron chi connectivity index (χ3n) is 4.90. The molecule has 1 N–H and O–H groups in total. The van der Waals surface area contributed by atoms with Crippen LogP contribution in [-0.4, -0.2) is 24.0 Å². The van der Waals surface area contributed by atoms with Gasteiger partial charge in [-0.1, -0.05) is 54.6 Å². The largest absolute Gasteiger partial charge is 0.350 e. The number of carbonyl (C=O) groups is 1. The lowest BCUT2D eigenvalue weighted by Crippen LogP contribution is -2.28. The number of benzene rings is 2. The zero-order valence-electron chi connectivity index (χ0n) is 15.3. The molecule has 0 bridgehead atoms. The molecular formula is C23H23N3O. The number of pyridine rings is 1. The van der Waals surface area contributed by atoms with Crippen molar-refractivity contribution in [3.63, 3.8) is 0 Å². The van der Waals surface area contributed by atoms with E-state index in [2.05, 4.69) is 51.6 Å².